The average Bonchev–Trinajstić information content (AvgIpc) is 3.13. The van der Waals surface area contributed by atoms with Gasteiger partial charge < -0.3 is 10.0 Å². The highest BCUT2D eigenvalue weighted by atomic mass is 19.4. The number of carbonyl (C=O) groups is 1. The van der Waals surface area contributed by atoms with Crippen LogP contribution < -0.4 is 0 Å². The van der Waals surface area contributed by atoms with E-state index in [1.54, 1.807) is 0 Å². The van der Waals surface area contributed by atoms with Crippen molar-refractivity contribution in [3.05, 3.63) is 71.4 Å². The molecule has 0 unspecified atom stereocenters. The van der Waals surface area contributed by atoms with E-state index < -0.39 is 29.3 Å². The number of nitrogens with zero attached hydrogens (tertiary/aromatic N) is 3. The lowest BCUT2D eigenvalue weighted by molar-refractivity contribution is -0.137. The number of phenols is 1. The molecule has 1 aromatic heterocycles. The average molecular weight is 463 g/mol. The van der Waals surface area contributed by atoms with E-state index in [4.69, 9.17) is 0 Å². The largest absolute Gasteiger partial charge is 0.508 e. The SMILES string of the molecule is O=C(c1cc(O)ccc1F)N1CC2(CC(n3ncc(C(F)(F)F)c3-c3ccccc3F)C2)C1. The summed E-state index contributed by atoms with van der Waals surface area (Å²) in [6.07, 6.45) is -3.06. The predicted octanol–water partition coefficient (Wildman–Crippen LogP) is 5.03. The van der Waals surface area contributed by atoms with Crippen molar-refractivity contribution in [1.29, 1.82) is 0 Å². The van der Waals surface area contributed by atoms with Crippen LogP contribution in [0.2, 0.25) is 0 Å². The maximum atomic E-state index is 14.4. The summed E-state index contributed by atoms with van der Waals surface area (Å²) in [6, 6.07) is 8.10. The van der Waals surface area contributed by atoms with Gasteiger partial charge in [0.25, 0.3) is 5.91 Å². The molecule has 1 amide bonds. The molecule has 172 valence electrons. The zero-order valence-electron chi connectivity index (χ0n) is 17.1. The van der Waals surface area contributed by atoms with E-state index in [1.165, 1.54) is 27.8 Å². The first-order valence-corrected chi connectivity index (χ1v) is 10.3. The summed E-state index contributed by atoms with van der Waals surface area (Å²) < 4.78 is 70.3. The summed E-state index contributed by atoms with van der Waals surface area (Å²) in [5.41, 5.74) is -2.02. The molecule has 1 aliphatic heterocycles. The van der Waals surface area contributed by atoms with Gasteiger partial charge in [0.1, 0.15) is 22.9 Å². The van der Waals surface area contributed by atoms with Gasteiger partial charge in [-0.2, -0.15) is 18.3 Å². The number of amides is 1. The van der Waals surface area contributed by atoms with Crippen molar-refractivity contribution in [3.8, 4) is 17.0 Å². The van der Waals surface area contributed by atoms with Crippen molar-refractivity contribution < 1.29 is 31.9 Å². The molecule has 1 saturated carbocycles. The lowest BCUT2D eigenvalue weighted by Crippen LogP contribution is -2.64. The van der Waals surface area contributed by atoms with E-state index in [9.17, 15) is 31.9 Å². The van der Waals surface area contributed by atoms with Gasteiger partial charge in [-0.05, 0) is 43.2 Å². The molecule has 2 heterocycles. The highest BCUT2D eigenvalue weighted by Gasteiger charge is 2.55. The number of carbonyl (C=O) groups excluding carboxylic acids is 1. The first kappa shape index (κ1) is 21.4. The number of rotatable bonds is 3. The van der Waals surface area contributed by atoms with E-state index in [1.807, 2.05) is 0 Å². The van der Waals surface area contributed by atoms with Crippen LogP contribution >= 0.6 is 0 Å². The molecule has 1 N–H and O–H groups in total. The normalized spacial score (nSPS) is 17.7. The van der Waals surface area contributed by atoms with Gasteiger partial charge in [0.05, 0.1) is 23.5 Å². The number of benzene rings is 2. The minimum Gasteiger partial charge on any atom is -0.508 e. The van der Waals surface area contributed by atoms with E-state index >= 15 is 0 Å². The van der Waals surface area contributed by atoms with E-state index in [0.717, 1.165) is 24.3 Å². The van der Waals surface area contributed by atoms with Crippen molar-refractivity contribution in [2.45, 2.75) is 25.1 Å². The standard InChI is InChI=1S/C23H18F5N3O2/c24-18-4-2-1-3-15(18)20-17(23(26,27)28)10-29-31(20)13-8-22(9-13)11-30(12-22)21(33)16-7-14(32)5-6-19(16)25/h1-7,10,13,32H,8-9,11-12H2. The molecule has 0 atom stereocenters. The van der Waals surface area contributed by atoms with Crippen LogP contribution in [0.1, 0.15) is 34.8 Å². The second-order valence-electron chi connectivity index (χ2n) is 8.72. The molecule has 0 radical (unpaired) electrons. The molecule has 2 aromatic carbocycles. The van der Waals surface area contributed by atoms with Gasteiger partial charge in [0, 0.05) is 24.1 Å². The molecule has 3 aromatic rings. The maximum absolute atomic E-state index is 14.4. The Hall–Kier alpha value is -3.43. The minimum atomic E-state index is -4.69. The molecule has 33 heavy (non-hydrogen) atoms. The van der Waals surface area contributed by atoms with Gasteiger partial charge in [-0.1, -0.05) is 12.1 Å². The van der Waals surface area contributed by atoms with Crippen LogP contribution in [0.15, 0.2) is 48.7 Å². The van der Waals surface area contributed by atoms with Crippen molar-refractivity contribution in [2.24, 2.45) is 5.41 Å². The number of alkyl halides is 3. The third-order valence-corrected chi connectivity index (χ3v) is 6.43. The monoisotopic (exact) mass is 463 g/mol. The Labute approximate surface area is 185 Å². The molecule has 2 aliphatic rings. The second-order valence-corrected chi connectivity index (χ2v) is 8.72. The number of hydrogen-bond acceptors (Lipinski definition) is 3. The molecule has 1 saturated heterocycles. The summed E-state index contributed by atoms with van der Waals surface area (Å²) in [4.78, 5) is 14.0. The van der Waals surface area contributed by atoms with E-state index in [-0.39, 0.29) is 34.0 Å². The Balaban J connectivity index is 1.35. The number of halogens is 5. The minimum absolute atomic E-state index is 0.173. The first-order valence-electron chi connectivity index (χ1n) is 10.3. The molecular weight excluding hydrogens is 445 g/mol. The number of phenolic OH excluding ortho intramolecular Hbond substituents is 1. The predicted molar refractivity (Wildman–Crippen MR) is 107 cm³/mol. The Kier molecular flexibility index (Phi) is 4.73. The number of hydrogen-bond donors (Lipinski definition) is 1. The Morgan fingerprint density at radius 1 is 1.06 bits per heavy atom. The third kappa shape index (κ3) is 3.53. The van der Waals surface area contributed by atoms with Crippen LogP contribution in [0.25, 0.3) is 11.3 Å². The van der Waals surface area contributed by atoms with Crippen LogP contribution in [-0.2, 0) is 6.18 Å². The fourth-order valence-corrected chi connectivity index (χ4v) is 4.89. The molecular formula is C23H18F5N3O2. The topological polar surface area (TPSA) is 58.4 Å². The molecule has 2 fully saturated rings. The number of aromatic nitrogens is 2. The maximum Gasteiger partial charge on any atom is 0.420 e. The highest BCUT2D eigenvalue weighted by Crippen LogP contribution is 2.55. The Morgan fingerprint density at radius 3 is 2.42 bits per heavy atom. The summed E-state index contributed by atoms with van der Waals surface area (Å²) in [7, 11) is 0. The summed E-state index contributed by atoms with van der Waals surface area (Å²) in [6.45, 7) is 0.639. The fraction of sp³-hybridized carbons (Fsp3) is 0.304. The zero-order valence-corrected chi connectivity index (χ0v) is 17.1. The smallest absolute Gasteiger partial charge is 0.420 e. The quantitative estimate of drug-likeness (QED) is 0.555. The van der Waals surface area contributed by atoms with Crippen LogP contribution in [0.5, 0.6) is 5.75 Å². The first-order chi connectivity index (χ1) is 15.6. The van der Waals surface area contributed by atoms with Crippen molar-refractivity contribution in [2.75, 3.05) is 13.1 Å². The summed E-state index contributed by atoms with van der Waals surface area (Å²) >= 11 is 0. The molecule has 1 spiro atoms. The van der Waals surface area contributed by atoms with Crippen LogP contribution in [0.4, 0.5) is 22.0 Å². The summed E-state index contributed by atoms with van der Waals surface area (Å²) in [5, 5.41) is 13.5. The lowest BCUT2D eigenvalue weighted by Gasteiger charge is -2.59. The fourth-order valence-electron chi connectivity index (χ4n) is 4.89. The van der Waals surface area contributed by atoms with Gasteiger partial charge >= 0.3 is 6.18 Å². The zero-order chi connectivity index (χ0) is 23.5. The van der Waals surface area contributed by atoms with Gasteiger partial charge in [0.15, 0.2) is 0 Å². The number of likely N-dealkylation sites (tertiary alicyclic amines) is 1. The van der Waals surface area contributed by atoms with Crippen LogP contribution in [-0.4, -0.2) is 38.8 Å². The van der Waals surface area contributed by atoms with Crippen LogP contribution in [0, 0.1) is 17.0 Å². The van der Waals surface area contributed by atoms with E-state index in [2.05, 4.69) is 5.10 Å². The van der Waals surface area contributed by atoms with Crippen LogP contribution in [0.3, 0.4) is 0 Å². The van der Waals surface area contributed by atoms with Crippen molar-refractivity contribution in [3.63, 3.8) is 0 Å². The molecule has 1 aliphatic carbocycles. The molecule has 10 heteroatoms. The van der Waals surface area contributed by atoms with E-state index in [0.29, 0.717) is 32.1 Å². The van der Waals surface area contributed by atoms with Gasteiger partial charge in [-0.3, -0.25) is 9.48 Å². The second kappa shape index (κ2) is 7.29. The highest BCUT2D eigenvalue weighted by molar-refractivity contribution is 5.95. The molecule has 5 rings (SSSR count). The van der Waals surface area contributed by atoms with Gasteiger partial charge in [-0.15, -0.1) is 0 Å². The van der Waals surface area contributed by atoms with Crippen molar-refractivity contribution in [1.82, 2.24) is 14.7 Å². The van der Waals surface area contributed by atoms with Gasteiger partial charge in [-0.25, -0.2) is 8.78 Å². The van der Waals surface area contributed by atoms with Crippen molar-refractivity contribution >= 4 is 5.91 Å². The third-order valence-electron chi connectivity index (χ3n) is 6.43. The number of aromatic hydroxyl groups is 1. The Bertz CT molecular complexity index is 1240. The Morgan fingerprint density at radius 2 is 1.76 bits per heavy atom. The summed E-state index contributed by atoms with van der Waals surface area (Å²) in [5.74, 6) is -2.29. The van der Waals surface area contributed by atoms with Gasteiger partial charge in [0.2, 0.25) is 0 Å². The lowest BCUT2D eigenvalue weighted by atomic mass is 9.60. The molecule has 5 nitrogen and oxygen atoms in total. The molecule has 0 bridgehead atoms.